The minimum Gasteiger partial charge on any atom is -0.480 e. The topological polar surface area (TPSA) is 181 Å². The molecule has 1 aromatic heterocycles. The average molecular weight is 504 g/mol. The number of aliphatic carboxylic acids is 1. The molecule has 15 heteroatoms. The van der Waals surface area contributed by atoms with E-state index in [1.807, 2.05) is 0 Å². The van der Waals surface area contributed by atoms with E-state index in [-0.39, 0.29) is 34.5 Å². The predicted octanol–water partition coefficient (Wildman–Crippen LogP) is -0.735. The SMILES string of the molecule is CC1(C)S[C@@H]2[C@@H](NC(=O)/C(=N\OC3CCS(=O)(=O)C3)c3csc(N)n3)C(=O)N2[C@H]1C(=O)O. The number of carbonyl (C=O) groups excluding carboxylic acids is 2. The Morgan fingerprint density at radius 3 is 2.72 bits per heavy atom. The number of fused-ring (bicyclic) bond motifs is 1. The molecule has 0 bridgehead atoms. The normalized spacial score (nSPS) is 30.5. The fourth-order valence-corrected chi connectivity index (χ4v) is 7.68. The number of anilines is 1. The number of nitrogen functional groups attached to an aromatic ring is 1. The smallest absolute Gasteiger partial charge is 0.327 e. The highest BCUT2D eigenvalue weighted by atomic mass is 32.2. The summed E-state index contributed by atoms with van der Waals surface area (Å²) in [6.45, 7) is 3.46. The quantitative estimate of drug-likeness (QED) is 0.254. The maximum absolute atomic E-state index is 13.0. The van der Waals surface area contributed by atoms with Crippen LogP contribution in [0.5, 0.6) is 0 Å². The number of hydrogen-bond donors (Lipinski definition) is 3. The molecule has 4 heterocycles. The summed E-state index contributed by atoms with van der Waals surface area (Å²) in [5.41, 5.74) is 5.53. The van der Waals surface area contributed by atoms with Crippen molar-refractivity contribution >= 4 is 61.6 Å². The zero-order chi connectivity index (χ0) is 23.4. The Balaban J connectivity index is 1.52. The number of oxime groups is 1. The van der Waals surface area contributed by atoms with Gasteiger partial charge < -0.3 is 25.9 Å². The number of nitrogens with two attached hydrogens (primary N) is 1. The molecule has 3 aliphatic rings. The molecule has 4 N–H and O–H groups in total. The Morgan fingerprint density at radius 1 is 1.44 bits per heavy atom. The van der Waals surface area contributed by atoms with Crippen LogP contribution in [0.1, 0.15) is 26.0 Å². The molecule has 174 valence electrons. The van der Waals surface area contributed by atoms with Gasteiger partial charge in [0.15, 0.2) is 20.7 Å². The number of rotatable bonds is 6. The van der Waals surface area contributed by atoms with E-state index in [0.29, 0.717) is 0 Å². The third kappa shape index (κ3) is 4.03. The van der Waals surface area contributed by atoms with Gasteiger partial charge in [-0.25, -0.2) is 18.2 Å². The Hall–Kier alpha value is -2.39. The highest BCUT2D eigenvalue weighted by molar-refractivity contribution is 8.01. The van der Waals surface area contributed by atoms with Gasteiger partial charge in [-0.05, 0) is 13.8 Å². The van der Waals surface area contributed by atoms with E-state index in [9.17, 15) is 27.9 Å². The molecule has 0 aliphatic carbocycles. The summed E-state index contributed by atoms with van der Waals surface area (Å²) in [6.07, 6.45) is -0.442. The van der Waals surface area contributed by atoms with Crippen LogP contribution >= 0.6 is 23.1 Å². The molecule has 4 atom stereocenters. The molecule has 1 aromatic rings. The molecule has 0 saturated carbocycles. The van der Waals surface area contributed by atoms with E-state index in [1.54, 1.807) is 13.8 Å². The highest BCUT2D eigenvalue weighted by Crippen LogP contribution is 2.50. The van der Waals surface area contributed by atoms with Crippen LogP contribution < -0.4 is 11.1 Å². The molecule has 3 fully saturated rings. The molecule has 1 unspecified atom stereocenters. The lowest BCUT2D eigenvalue weighted by molar-refractivity contribution is -0.160. The van der Waals surface area contributed by atoms with Gasteiger partial charge in [0.05, 0.1) is 11.5 Å². The first-order valence-corrected chi connectivity index (χ1v) is 13.2. The van der Waals surface area contributed by atoms with Crippen LogP contribution in [0, 0.1) is 0 Å². The number of aromatic nitrogens is 1. The van der Waals surface area contributed by atoms with Crippen molar-refractivity contribution in [3.63, 3.8) is 0 Å². The third-order valence-electron chi connectivity index (χ3n) is 5.42. The molecular formula is C17H21N5O7S3. The Kier molecular flexibility index (Phi) is 5.61. The number of hydrogen-bond acceptors (Lipinski definition) is 11. The molecule has 3 aliphatic heterocycles. The fourth-order valence-electron chi connectivity index (χ4n) is 3.93. The molecule has 0 spiro atoms. The molecule has 4 rings (SSSR count). The molecule has 3 saturated heterocycles. The van der Waals surface area contributed by atoms with Gasteiger partial charge in [0.2, 0.25) is 5.91 Å². The minimum atomic E-state index is -3.21. The zero-order valence-electron chi connectivity index (χ0n) is 17.0. The number of thiazole rings is 1. The summed E-state index contributed by atoms with van der Waals surface area (Å²) in [7, 11) is -3.21. The zero-order valence-corrected chi connectivity index (χ0v) is 19.5. The van der Waals surface area contributed by atoms with Crippen molar-refractivity contribution in [3.8, 4) is 0 Å². The Bertz CT molecular complexity index is 1120. The van der Waals surface area contributed by atoms with Crippen molar-refractivity contribution in [1.82, 2.24) is 15.2 Å². The van der Waals surface area contributed by atoms with Crippen molar-refractivity contribution in [2.75, 3.05) is 17.2 Å². The lowest BCUT2D eigenvalue weighted by Gasteiger charge is -2.43. The van der Waals surface area contributed by atoms with E-state index in [1.165, 1.54) is 22.0 Å². The summed E-state index contributed by atoms with van der Waals surface area (Å²) in [6, 6.07) is -1.94. The number of nitrogens with zero attached hydrogens (tertiary/aromatic N) is 3. The van der Waals surface area contributed by atoms with Crippen molar-refractivity contribution < 1.29 is 32.7 Å². The van der Waals surface area contributed by atoms with E-state index < -0.39 is 55.9 Å². The van der Waals surface area contributed by atoms with Crippen LogP contribution in [0.2, 0.25) is 0 Å². The summed E-state index contributed by atoms with van der Waals surface area (Å²) < 4.78 is 22.5. The number of nitrogens with one attached hydrogen (secondary N) is 1. The first kappa shape index (κ1) is 22.8. The molecule has 0 aromatic carbocycles. The second-order valence-corrected chi connectivity index (χ2v) is 13.1. The Labute approximate surface area is 191 Å². The van der Waals surface area contributed by atoms with Gasteiger partial charge in [-0.3, -0.25) is 9.59 Å². The lowest BCUT2D eigenvalue weighted by atomic mass is 9.96. The fraction of sp³-hybridized carbons (Fsp3) is 0.588. The van der Waals surface area contributed by atoms with Crippen LogP contribution in [0.4, 0.5) is 5.13 Å². The van der Waals surface area contributed by atoms with Gasteiger partial charge in [0.1, 0.15) is 29.3 Å². The molecular weight excluding hydrogens is 482 g/mol. The van der Waals surface area contributed by atoms with Crippen LogP contribution in [-0.2, 0) is 29.1 Å². The van der Waals surface area contributed by atoms with Gasteiger partial charge >= 0.3 is 5.97 Å². The van der Waals surface area contributed by atoms with Crippen LogP contribution in [0.25, 0.3) is 0 Å². The molecule has 2 amide bonds. The van der Waals surface area contributed by atoms with Crippen LogP contribution in [0.3, 0.4) is 0 Å². The number of sulfone groups is 1. The standard InChI is InChI=1S/C17H21N5O7S3/c1-17(2)11(15(25)26)22-13(24)10(14(22)31-17)20-12(23)9(8-5-30-16(18)19-8)21-29-7-3-4-32(27,28)6-7/h5,7,10-11,14H,3-4,6H2,1-2H3,(H2,18,19)(H,20,23)(H,25,26)/b21-9-/t7?,10-,11-,14+/m0/s1. The first-order chi connectivity index (χ1) is 14.9. The van der Waals surface area contributed by atoms with Gasteiger partial charge in [-0.2, -0.15) is 0 Å². The van der Waals surface area contributed by atoms with Crippen LogP contribution in [-0.4, -0.2) is 86.7 Å². The molecule has 0 radical (unpaired) electrons. The summed E-state index contributed by atoms with van der Waals surface area (Å²) in [4.78, 5) is 47.9. The minimum absolute atomic E-state index is 0.0236. The second kappa shape index (κ2) is 7.88. The summed E-state index contributed by atoms with van der Waals surface area (Å²) in [5, 5.41) is 17.1. The van der Waals surface area contributed by atoms with Gasteiger partial charge in [0, 0.05) is 16.5 Å². The van der Waals surface area contributed by atoms with Gasteiger partial charge in [0.25, 0.3) is 5.91 Å². The number of carboxylic acid groups (broad SMARTS) is 1. The summed E-state index contributed by atoms with van der Waals surface area (Å²) >= 11 is 2.37. The highest BCUT2D eigenvalue weighted by Gasteiger charge is 2.64. The number of amides is 2. The maximum Gasteiger partial charge on any atom is 0.327 e. The molecule has 32 heavy (non-hydrogen) atoms. The van der Waals surface area contributed by atoms with Crippen molar-refractivity contribution in [1.29, 1.82) is 0 Å². The van der Waals surface area contributed by atoms with Crippen molar-refractivity contribution in [2.45, 2.75) is 48.6 Å². The number of carboxylic acids is 1. The van der Waals surface area contributed by atoms with E-state index >= 15 is 0 Å². The second-order valence-electron chi connectivity index (χ2n) is 8.19. The largest absolute Gasteiger partial charge is 0.480 e. The van der Waals surface area contributed by atoms with E-state index in [4.69, 9.17) is 10.6 Å². The van der Waals surface area contributed by atoms with Gasteiger partial charge in [-0.15, -0.1) is 23.1 Å². The van der Waals surface area contributed by atoms with Crippen molar-refractivity contribution in [2.24, 2.45) is 5.16 Å². The van der Waals surface area contributed by atoms with E-state index in [2.05, 4.69) is 15.5 Å². The number of carbonyl (C=O) groups is 3. The monoisotopic (exact) mass is 503 g/mol. The number of thioether (sulfide) groups is 1. The lowest BCUT2D eigenvalue weighted by Crippen LogP contribution is -2.71. The maximum atomic E-state index is 13.0. The predicted molar refractivity (Wildman–Crippen MR) is 117 cm³/mol. The summed E-state index contributed by atoms with van der Waals surface area (Å²) in [5.74, 6) is -2.60. The van der Waals surface area contributed by atoms with Crippen LogP contribution in [0.15, 0.2) is 10.5 Å². The van der Waals surface area contributed by atoms with Crippen molar-refractivity contribution in [3.05, 3.63) is 11.1 Å². The van der Waals surface area contributed by atoms with E-state index in [0.717, 1.165) is 11.3 Å². The Morgan fingerprint density at radius 2 is 2.16 bits per heavy atom. The number of β-lactam (4-membered cyclic amide) rings is 1. The molecule has 12 nitrogen and oxygen atoms in total. The first-order valence-electron chi connectivity index (χ1n) is 9.59. The van der Waals surface area contributed by atoms with Gasteiger partial charge in [-0.1, -0.05) is 5.16 Å². The average Bonchev–Trinajstić information content (AvgIpc) is 3.34. The third-order valence-corrected chi connectivity index (χ3v) is 9.41.